The smallest absolute Gasteiger partial charge is 0.375 e. The van der Waals surface area contributed by atoms with Crippen molar-refractivity contribution in [2.75, 3.05) is 6.54 Å². The Morgan fingerprint density at radius 1 is 1.07 bits per heavy atom. The van der Waals surface area contributed by atoms with Crippen molar-refractivity contribution in [1.29, 1.82) is 0 Å². The fourth-order valence-corrected chi connectivity index (χ4v) is 3.07. The van der Waals surface area contributed by atoms with Crippen molar-refractivity contribution in [3.05, 3.63) is 82.2 Å². The lowest BCUT2D eigenvalue weighted by Crippen LogP contribution is -2.38. The summed E-state index contributed by atoms with van der Waals surface area (Å²) in [5.74, 6) is -1.33. The molecule has 29 heavy (non-hydrogen) atoms. The van der Waals surface area contributed by atoms with E-state index in [9.17, 15) is 14.4 Å². The first-order chi connectivity index (χ1) is 14.0. The number of para-hydroxylation sites is 1. The zero-order valence-corrected chi connectivity index (χ0v) is 16.4. The molecule has 0 aliphatic carbocycles. The van der Waals surface area contributed by atoms with Gasteiger partial charge in [-0.05, 0) is 31.0 Å². The number of amides is 1. The molecule has 0 fully saturated rings. The summed E-state index contributed by atoms with van der Waals surface area (Å²) in [6.07, 6.45) is -0.159. The van der Waals surface area contributed by atoms with Gasteiger partial charge in [-0.2, -0.15) is 0 Å². The molecule has 0 bridgehead atoms. The number of ether oxygens (including phenoxy) is 1. The van der Waals surface area contributed by atoms with E-state index in [1.54, 1.807) is 24.3 Å². The van der Waals surface area contributed by atoms with E-state index in [-0.39, 0.29) is 22.7 Å². The highest BCUT2D eigenvalue weighted by atomic mass is 16.6. The van der Waals surface area contributed by atoms with Gasteiger partial charge in [0.1, 0.15) is 5.58 Å². The van der Waals surface area contributed by atoms with Gasteiger partial charge in [-0.25, -0.2) is 4.79 Å². The summed E-state index contributed by atoms with van der Waals surface area (Å²) in [6, 6.07) is 17.6. The number of carbonyl (C=O) groups is 2. The van der Waals surface area contributed by atoms with Crippen LogP contribution >= 0.6 is 0 Å². The van der Waals surface area contributed by atoms with Gasteiger partial charge in [-0.1, -0.05) is 49.4 Å². The minimum atomic E-state index is -1.02. The predicted molar refractivity (Wildman–Crippen MR) is 110 cm³/mol. The van der Waals surface area contributed by atoms with Gasteiger partial charge in [-0.3, -0.25) is 9.59 Å². The SMILES string of the molecule is CC[C@@H](CNC(=O)[C@H](C)OC(=O)c1cc(=O)c2ccccc2o1)c1ccccc1. The van der Waals surface area contributed by atoms with E-state index >= 15 is 0 Å². The lowest BCUT2D eigenvalue weighted by molar-refractivity contribution is -0.129. The van der Waals surface area contributed by atoms with E-state index in [0.717, 1.165) is 18.1 Å². The topological polar surface area (TPSA) is 85.6 Å². The van der Waals surface area contributed by atoms with Gasteiger partial charge in [0.05, 0.1) is 5.39 Å². The Hall–Kier alpha value is -3.41. The Labute approximate surface area is 168 Å². The lowest BCUT2D eigenvalue weighted by atomic mass is 9.96. The van der Waals surface area contributed by atoms with E-state index in [2.05, 4.69) is 12.2 Å². The van der Waals surface area contributed by atoms with Gasteiger partial charge >= 0.3 is 5.97 Å². The second-order valence-electron chi connectivity index (χ2n) is 6.78. The Bertz CT molecular complexity index is 1060. The predicted octanol–water partition coefficient (Wildman–Crippen LogP) is 3.65. The normalized spacial score (nSPS) is 12.9. The fourth-order valence-electron chi connectivity index (χ4n) is 3.07. The summed E-state index contributed by atoms with van der Waals surface area (Å²) in [5.41, 5.74) is 1.08. The maximum Gasteiger partial charge on any atom is 0.375 e. The highest BCUT2D eigenvalue weighted by molar-refractivity contribution is 5.91. The fraction of sp³-hybridized carbons (Fsp3) is 0.261. The maximum atomic E-state index is 12.4. The molecule has 6 nitrogen and oxygen atoms in total. The number of hydrogen-bond acceptors (Lipinski definition) is 5. The Morgan fingerprint density at radius 2 is 1.76 bits per heavy atom. The van der Waals surface area contributed by atoms with Crippen molar-refractivity contribution in [3.8, 4) is 0 Å². The number of fused-ring (bicyclic) bond motifs is 1. The average Bonchev–Trinajstić information content (AvgIpc) is 2.74. The highest BCUT2D eigenvalue weighted by Crippen LogP contribution is 2.18. The Kier molecular flexibility index (Phi) is 6.44. The number of hydrogen-bond donors (Lipinski definition) is 1. The Morgan fingerprint density at radius 3 is 2.48 bits per heavy atom. The van der Waals surface area contributed by atoms with E-state index < -0.39 is 18.0 Å². The van der Waals surface area contributed by atoms with Gasteiger partial charge in [0.2, 0.25) is 5.76 Å². The molecule has 3 rings (SSSR count). The third kappa shape index (κ3) is 4.90. The molecule has 0 aliphatic heterocycles. The number of benzene rings is 2. The van der Waals surface area contributed by atoms with Crippen LogP contribution in [0.25, 0.3) is 11.0 Å². The molecule has 1 amide bonds. The van der Waals surface area contributed by atoms with Crippen LogP contribution in [0, 0.1) is 0 Å². The Balaban J connectivity index is 1.62. The van der Waals surface area contributed by atoms with Gasteiger partial charge in [-0.15, -0.1) is 0 Å². The van der Waals surface area contributed by atoms with Crippen LogP contribution in [0.2, 0.25) is 0 Å². The first-order valence-electron chi connectivity index (χ1n) is 9.56. The molecular formula is C23H23NO5. The summed E-state index contributed by atoms with van der Waals surface area (Å²) >= 11 is 0. The van der Waals surface area contributed by atoms with Gasteiger partial charge in [0.15, 0.2) is 11.5 Å². The lowest BCUT2D eigenvalue weighted by Gasteiger charge is -2.18. The van der Waals surface area contributed by atoms with Crippen molar-refractivity contribution >= 4 is 22.8 Å². The molecule has 2 aromatic carbocycles. The summed E-state index contributed by atoms with van der Waals surface area (Å²) in [5, 5.41) is 3.20. The monoisotopic (exact) mass is 393 g/mol. The number of rotatable bonds is 7. The largest absolute Gasteiger partial charge is 0.449 e. The van der Waals surface area contributed by atoms with E-state index in [0.29, 0.717) is 11.9 Å². The molecule has 2 atom stereocenters. The second-order valence-corrected chi connectivity index (χ2v) is 6.78. The zero-order valence-electron chi connectivity index (χ0n) is 16.4. The molecule has 0 saturated carbocycles. The van der Waals surface area contributed by atoms with Crippen LogP contribution in [0.4, 0.5) is 0 Å². The highest BCUT2D eigenvalue weighted by Gasteiger charge is 2.22. The minimum Gasteiger partial charge on any atom is -0.449 e. The van der Waals surface area contributed by atoms with Crippen molar-refractivity contribution in [2.24, 2.45) is 0 Å². The van der Waals surface area contributed by atoms with E-state index in [1.165, 1.54) is 6.92 Å². The molecule has 6 heteroatoms. The molecular weight excluding hydrogens is 370 g/mol. The van der Waals surface area contributed by atoms with Crippen LogP contribution in [0.15, 0.2) is 69.9 Å². The van der Waals surface area contributed by atoms with Crippen molar-refractivity contribution in [1.82, 2.24) is 5.32 Å². The first kappa shape index (κ1) is 20.3. The quantitative estimate of drug-likeness (QED) is 0.619. The average molecular weight is 393 g/mol. The molecule has 0 aliphatic rings. The zero-order chi connectivity index (χ0) is 20.8. The van der Waals surface area contributed by atoms with Crippen LogP contribution in [0.1, 0.15) is 42.3 Å². The third-order valence-electron chi connectivity index (χ3n) is 4.78. The van der Waals surface area contributed by atoms with Crippen LogP contribution in [0.5, 0.6) is 0 Å². The van der Waals surface area contributed by atoms with Gasteiger partial charge in [0.25, 0.3) is 5.91 Å². The minimum absolute atomic E-state index is 0.168. The molecule has 1 aromatic heterocycles. The van der Waals surface area contributed by atoms with Gasteiger partial charge in [0, 0.05) is 18.5 Å². The van der Waals surface area contributed by atoms with Crippen molar-refractivity contribution in [2.45, 2.75) is 32.3 Å². The molecule has 0 unspecified atom stereocenters. The third-order valence-corrected chi connectivity index (χ3v) is 4.78. The van der Waals surface area contributed by atoms with Crippen LogP contribution < -0.4 is 10.7 Å². The van der Waals surface area contributed by atoms with E-state index in [1.807, 2.05) is 30.3 Å². The number of esters is 1. The van der Waals surface area contributed by atoms with Crippen LogP contribution in [0.3, 0.4) is 0 Å². The first-order valence-corrected chi connectivity index (χ1v) is 9.56. The summed E-state index contributed by atoms with van der Waals surface area (Å²) < 4.78 is 10.6. The van der Waals surface area contributed by atoms with Crippen LogP contribution in [-0.2, 0) is 9.53 Å². The van der Waals surface area contributed by atoms with E-state index in [4.69, 9.17) is 9.15 Å². The molecule has 0 spiro atoms. The molecule has 3 aromatic rings. The van der Waals surface area contributed by atoms with Crippen molar-refractivity contribution < 1.29 is 18.7 Å². The van der Waals surface area contributed by atoms with Gasteiger partial charge < -0.3 is 14.5 Å². The van der Waals surface area contributed by atoms with Crippen molar-refractivity contribution in [3.63, 3.8) is 0 Å². The second kappa shape index (κ2) is 9.19. The van der Waals surface area contributed by atoms with Crippen LogP contribution in [-0.4, -0.2) is 24.5 Å². The number of nitrogens with one attached hydrogen (secondary N) is 1. The summed E-state index contributed by atoms with van der Waals surface area (Å²) in [4.78, 5) is 36.8. The summed E-state index contributed by atoms with van der Waals surface area (Å²) in [7, 11) is 0. The summed E-state index contributed by atoms with van der Waals surface area (Å²) in [6.45, 7) is 3.97. The molecule has 0 radical (unpaired) electrons. The maximum absolute atomic E-state index is 12.4. The molecule has 150 valence electrons. The standard InChI is InChI=1S/C23H23NO5/c1-3-16(17-9-5-4-6-10-17)14-24-22(26)15(2)28-23(27)21-13-19(25)18-11-7-8-12-20(18)29-21/h4-13,15-16H,3,14H2,1-2H3,(H,24,26)/t15-,16-/m0/s1. The number of carbonyl (C=O) groups excluding carboxylic acids is 2. The molecule has 1 N–H and O–H groups in total. The molecule has 1 heterocycles. The molecule has 0 saturated heterocycles.